The van der Waals surface area contributed by atoms with E-state index in [0.717, 1.165) is 12.3 Å². The minimum Gasteiger partial charge on any atom is -0.248 e. The molecule has 1 aromatic rings. The van der Waals surface area contributed by atoms with Crippen LogP contribution in [0.3, 0.4) is 0 Å². The van der Waals surface area contributed by atoms with Crippen LogP contribution in [0.5, 0.6) is 0 Å². The molecule has 1 N–H and O–H groups in total. The molecular weight excluding hydrogens is 167 g/mol. The van der Waals surface area contributed by atoms with E-state index in [-0.39, 0.29) is 5.03 Å². The van der Waals surface area contributed by atoms with Crippen molar-refractivity contribution in [1.82, 2.24) is 4.98 Å². The highest BCUT2D eigenvalue weighted by Crippen LogP contribution is 2.09. The molecule has 0 saturated heterocycles. The molecule has 0 radical (unpaired) electrons. The second kappa shape index (κ2) is 2.58. The minimum atomic E-state index is -3.02. The Kier molecular flexibility index (Phi) is 1.90. The molecule has 0 spiro atoms. The van der Waals surface area contributed by atoms with Gasteiger partial charge in [-0.25, -0.2) is 18.4 Å². The lowest BCUT2D eigenvalue weighted by atomic mass is 10.5. The number of aromatic nitrogens is 1. The first-order valence-electron chi connectivity index (χ1n) is 2.86. The molecule has 1 atom stereocenters. The van der Waals surface area contributed by atoms with E-state index in [9.17, 15) is 8.60 Å². The van der Waals surface area contributed by atoms with Crippen LogP contribution in [0.2, 0.25) is 0 Å². The molecule has 60 valence electrons. The summed E-state index contributed by atoms with van der Waals surface area (Å²) in [7, 11) is -3.02. The van der Waals surface area contributed by atoms with Crippen molar-refractivity contribution in [2.24, 2.45) is 0 Å². The van der Waals surface area contributed by atoms with E-state index in [1.807, 2.05) is 0 Å². The Morgan fingerprint density at radius 3 is 2.73 bits per heavy atom. The summed E-state index contributed by atoms with van der Waals surface area (Å²) in [6, 6.07) is 2.53. The number of nitrogens with zero attached hydrogens (tertiary/aromatic N) is 1. The molecule has 0 fully saturated rings. The second-order valence-electron chi connectivity index (χ2n) is 2.13. The molecule has 0 aliphatic carbocycles. The first-order chi connectivity index (χ1) is 5.02. The maximum absolute atomic E-state index is 12.7. The van der Waals surface area contributed by atoms with E-state index in [2.05, 4.69) is 4.98 Å². The molecule has 0 aromatic carbocycles. The summed E-state index contributed by atoms with van der Waals surface area (Å²) in [5.41, 5.74) is 0. The van der Waals surface area contributed by atoms with Gasteiger partial charge in [-0.1, -0.05) is 0 Å². The fraction of sp³-hybridized carbons (Fsp3) is 0.167. The van der Waals surface area contributed by atoms with Crippen molar-refractivity contribution < 1.29 is 8.60 Å². The van der Waals surface area contributed by atoms with E-state index >= 15 is 0 Å². The van der Waals surface area contributed by atoms with Gasteiger partial charge in [0.25, 0.3) is 0 Å². The molecule has 1 unspecified atom stereocenters. The second-order valence-corrected chi connectivity index (χ2v) is 4.21. The highest BCUT2D eigenvalue weighted by molar-refractivity contribution is 7.91. The van der Waals surface area contributed by atoms with Gasteiger partial charge >= 0.3 is 0 Å². The number of hydrogen-bond donors (Lipinski definition) is 1. The third-order valence-electron chi connectivity index (χ3n) is 1.09. The molecule has 0 saturated carbocycles. The van der Waals surface area contributed by atoms with Crippen molar-refractivity contribution in [2.45, 2.75) is 5.03 Å². The predicted molar refractivity (Wildman–Crippen MR) is 39.2 cm³/mol. The molecule has 5 heteroatoms. The number of nitrogens with one attached hydrogen (secondary N) is 1. The van der Waals surface area contributed by atoms with E-state index in [4.69, 9.17) is 4.78 Å². The molecule has 1 heterocycles. The zero-order chi connectivity index (χ0) is 8.48. The Labute approximate surface area is 64.3 Å². The van der Waals surface area contributed by atoms with Gasteiger partial charge in [0.2, 0.25) is 0 Å². The third kappa shape index (κ3) is 1.74. The Balaban J connectivity index is 3.37. The summed E-state index contributed by atoms with van der Waals surface area (Å²) >= 11 is 0. The lowest BCUT2D eigenvalue weighted by molar-refractivity contribution is 0.579. The van der Waals surface area contributed by atoms with Crippen molar-refractivity contribution in [1.29, 1.82) is 4.78 Å². The van der Waals surface area contributed by atoms with Crippen LogP contribution in [-0.2, 0) is 9.73 Å². The standard InChI is InChI=1S/C6H7FN2OS/c1-11(8,10)6-5(7)3-2-4-9-6/h2-4,8H,1H3. The number of rotatable bonds is 1. The maximum Gasteiger partial charge on any atom is 0.171 e. The van der Waals surface area contributed by atoms with Crippen LogP contribution in [0.1, 0.15) is 0 Å². The van der Waals surface area contributed by atoms with Gasteiger partial charge in [-0.3, -0.25) is 0 Å². The average molecular weight is 174 g/mol. The quantitative estimate of drug-likeness (QED) is 0.696. The highest BCUT2D eigenvalue weighted by Gasteiger charge is 2.09. The number of halogens is 1. The first-order valence-corrected chi connectivity index (χ1v) is 4.83. The van der Waals surface area contributed by atoms with E-state index in [1.54, 1.807) is 0 Å². The maximum atomic E-state index is 12.7. The van der Waals surface area contributed by atoms with E-state index < -0.39 is 15.5 Å². The predicted octanol–water partition coefficient (Wildman–Crippen LogP) is 1.26. The molecule has 3 nitrogen and oxygen atoms in total. The summed E-state index contributed by atoms with van der Waals surface area (Å²) in [5.74, 6) is -0.685. The SMILES string of the molecule is CS(=N)(=O)c1ncccc1F. The monoisotopic (exact) mass is 174 g/mol. The zero-order valence-corrected chi connectivity index (χ0v) is 6.69. The van der Waals surface area contributed by atoms with Crippen molar-refractivity contribution in [3.63, 3.8) is 0 Å². The van der Waals surface area contributed by atoms with Crippen LogP contribution in [0.25, 0.3) is 0 Å². The van der Waals surface area contributed by atoms with Crippen LogP contribution in [0.4, 0.5) is 4.39 Å². The molecule has 0 aliphatic rings. The van der Waals surface area contributed by atoms with Gasteiger partial charge in [-0.2, -0.15) is 0 Å². The average Bonchev–Trinajstić information content (AvgIpc) is 1.86. The lowest BCUT2D eigenvalue weighted by Gasteiger charge is -1.99. The van der Waals surface area contributed by atoms with Crippen LogP contribution >= 0.6 is 0 Å². The summed E-state index contributed by atoms with van der Waals surface area (Å²) in [4.78, 5) is 3.51. The fourth-order valence-electron chi connectivity index (χ4n) is 0.658. The van der Waals surface area contributed by atoms with Gasteiger partial charge in [-0.05, 0) is 12.1 Å². The van der Waals surface area contributed by atoms with Crippen molar-refractivity contribution in [2.75, 3.05) is 6.26 Å². The number of pyridine rings is 1. The molecule has 0 aliphatic heterocycles. The molecule has 0 amide bonds. The van der Waals surface area contributed by atoms with Gasteiger partial charge in [0.15, 0.2) is 10.8 Å². The van der Waals surface area contributed by atoms with Gasteiger partial charge in [0.05, 0.1) is 9.73 Å². The van der Waals surface area contributed by atoms with Crippen LogP contribution in [0, 0.1) is 10.6 Å². The molecule has 1 aromatic heterocycles. The minimum absolute atomic E-state index is 0.278. The van der Waals surface area contributed by atoms with Gasteiger partial charge < -0.3 is 0 Å². The summed E-state index contributed by atoms with van der Waals surface area (Å²) in [6.45, 7) is 0. The molecule has 0 bridgehead atoms. The largest absolute Gasteiger partial charge is 0.248 e. The third-order valence-corrected chi connectivity index (χ3v) is 2.13. The van der Waals surface area contributed by atoms with Gasteiger partial charge in [0, 0.05) is 12.5 Å². The lowest BCUT2D eigenvalue weighted by Crippen LogP contribution is -2.01. The topological polar surface area (TPSA) is 53.8 Å². The Morgan fingerprint density at radius 2 is 2.36 bits per heavy atom. The number of hydrogen-bond acceptors (Lipinski definition) is 3. The van der Waals surface area contributed by atoms with Crippen molar-refractivity contribution >= 4 is 9.73 Å². The highest BCUT2D eigenvalue weighted by atomic mass is 32.2. The first kappa shape index (κ1) is 8.13. The van der Waals surface area contributed by atoms with Crippen molar-refractivity contribution in [3.05, 3.63) is 24.1 Å². The van der Waals surface area contributed by atoms with Crippen molar-refractivity contribution in [3.8, 4) is 0 Å². The Hall–Kier alpha value is -0.970. The molecule has 11 heavy (non-hydrogen) atoms. The van der Waals surface area contributed by atoms with Crippen LogP contribution in [-0.4, -0.2) is 15.4 Å². The molecule has 1 rings (SSSR count). The zero-order valence-electron chi connectivity index (χ0n) is 5.87. The van der Waals surface area contributed by atoms with Crippen LogP contribution in [0.15, 0.2) is 23.4 Å². The summed E-state index contributed by atoms with van der Waals surface area (Å²) < 4.78 is 30.7. The van der Waals surface area contributed by atoms with Gasteiger partial charge in [-0.15, -0.1) is 0 Å². The fourth-order valence-corrected chi connectivity index (χ4v) is 1.36. The summed E-state index contributed by atoms with van der Waals surface area (Å²) in [5, 5.41) is -0.278. The van der Waals surface area contributed by atoms with E-state index in [1.165, 1.54) is 12.3 Å². The van der Waals surface area contributed by atoms with E-state index in [0.29, 0.717) is 0 Å². The van der Waals surface area contributed by atoms with Gasteiger partial charge in [0.1, 0.15) is 0 Å². The Bertz CT molecular complexity index is 361. The summed E-state index contributed by atoms with van der Waals surface area (Å²) in [6.07, 6.45) is 2.45. The smallest absolute Gasteiger partial charge is 0.171 e. The van der Waals surface area contributed by atoms with Crippen LogP contribution < -0.4 is 0 Å². The normalized spacial score (nSPS) is 15.8. The molecular formula is C6H7FN2OS. The Morgan fingerprint density at radius 1 is 1.73 bits per heavy atom.